The first kappa shape index (κ1) is 27.1. The van der Waals surface area contributed by atoms with Gasteiger partial charge in [-0.25, -0.2) is 4.98 Å². The molecular formula is C32H49NOS2. The van der Waals surface area contributed by atoms with E-state index in [-0.39, 0.29) is 11.5 Å². The first-order valence-electron chi connectivity index (χ1n) is 14.9. The molecule has 3 fully saturated rings. The van der Waals surface area contributed by atoms with Crippen LogP contribution in [0.15, 0.2) is 41.1 Å². The van der Waals surface area contributed by atoms with Crippen LogP contribution in [0.25, 0.3) is 0 Å². The van der Waals surface area contributed by atoms with Gasteiger partial charge in [-0.2, -0.15) is 0 Å². The monoisotopic (exact) mass is 527 g/mol. The van der Waals surface area contributed by atoms with E-state index in [2.05, 4.69) is 57.8 Å². The quantitative estimate of drug-likeness (QED) is 0.270. The molecule has 36 heavy (non-hydrogen) atoms. The lowest BCUT2D eigenvalue weighted by atomic mass is 9.46. The number of allylic oxidation sites excluding steroid dienone is 1. The Balaban J connectivity index is 1.34. The van der Waals surface area contributed by atoms with Crippen molar-refractivity contribution in [2.45, 2.75) is 115 Å². The molecule has 0 radical (unpaired) electrons. The van der Waals surface area contributed by atoms with E-state index in [1.54, 1.807) is 5.57 Å². The maximum absolute atomic E-state index is 10.8. The van der Waals surface area contributed by atoms with Gasteiger partial charge in [-0.15, -0.1) is 0 Å². The number of nitrogens with zero attached hydrogens (tertiary/aromatic N) is 1. The maximum atomic E-state index is 10.8. The Morgan fingerprint density at radius 2 is 1.92 bits per heavy atom. The summed E-state index contributed by atoms with van der Waals surface area (Å²) >= 11 is 0. The lowest BCUT2D eigenvalue weighted by Gasteiger charge is -2.60. The first-order chi connectivity index (χ1) is 17.2. The molecule has 200 valence electrons. The molecule has 0 amide bonds. The van der Waals surface area contributed by atoms with Gasteiger partial charge in [0.05, 0.1) is 6.10 Å². The molecule has 1 unspecified atom stereocenters. The Kier molecular flexibility index (Phi) is 8.26. The van der Waals surface area contributed by atoms with E-state index in [9.17, 15) is 5.11 Å². The summed E-state index contributed by atoms with van der Waals surface area (Å²) in [5.74, 6) is 5.07. The predicted molar refractivity (Wildman–Crippen MR) is 156 cm³/mol. The molecule has 3 saturated carbocycles. The zero-order valence-corrected chi connectivity index (χ0v) is 24.9. The molecule has 1 heterocycles. The number of fused-ring (bicyclic) bond motifs is 5. The summed E-state index contributed by atoms with van der Waals surface area (Å²) < 4.78 is 0. The van der Waals surface area contributed by atoms with Gasteiger partial charge >= 0.3 is 0 Å². The molecule has 1 aromatic heterocycles. The number of hydrogen-bond acceptors (Lipinski definition) is 4. The molecule has 4 aliphatic carbocycles. The van der Waals surface area contributed by atoms with Gasteiger partial charge in [0.1, 0.15) is 5.03 Å². The third-order valence-electron chi connectivity index (χ3n) is 11.2. The Bertz CT molecular complexity index is 918. The molecule has 0 aromatic carbocycles. The van der Waals surface area contributed by atoms with E-state index in [1.165, 1.54) is 51.4 Å². The first-order valence-corrected chi connectivity index (χ1v) is 17.1. The minimum absolute atomic E-state index is 0.195. The molecule has 4 aliphatic rings. The average Bonchev–Trinajstić information content (AvgIpc) is 3.21. The number of rotatable bonds is 8. The maximum Gasteiger partial charge on any atom is 0.106 e. The Labute approximate surface area is 228 Å². The van der Waals surface area contributed by atoms with Gasteiger partial charge in [0.25, 0.3) is 0 Å². The molecule has 2 nitrogen and oxygen atoms in total. The highest BCUT2D eigenvalue weighted by Crippen LogP contribution is 2.68. The van der Waals surface area contributed by atoms with Crippen LogP contribution in [0.5, 0.6) is 0 Å². The van der Waals surface area contributed by atoms with Gasteiger partial charge < -0.3 is 5.11 Å². The lowest BCUT2D eigenvalue weighted by Crippen LogP contribution is -2.54. The third-order valence-corrected chi connectivity index (χ3v) is 14.2. The SMILES string of the molecule is CC(C)CCC[C@@H](C)[C@H]1CC[C@H]2[C@@H]3CC=C4C[C@@H](O)CC(SSc5ccccn5)[C@]4(C)[C@H]3CC[C@]12C. The molecule has 0 spiro atoms. The molecule has 1 aromatic rings. The molecule has 4 heteroatoms. The van der Waals surface area contributed by atoms with Crippen molar-refractivity contribution in [1.82, 2.24) is 4.98 Å². The van der Waals surface area contributed by atoms with Crippen LogP contribution in [0.4, 0.5) is 0 Å². The van der Waals surface area contributed by atoms with Crippen molar-refractivity contribution in [2.75, 3.05) is 0 Å². The van der Waals surface area contributed by atoms with Gasteiger partial charge in [0, 0.05) is 16.9 Å². The summed E-state index contributed by atoms with van der Waals surface area (Å²) in [6, 6.07) is 6.19. The van der Waals surface area contributed by atoms with Gasteiger partial charge in [0.15, 0.2) is 0 Å². The van der Waals surface area contributed by atoms with E-state index in [4.69, 9.17) is 0 Å². The van der Waals surface area contributed by atoms with Crippen LogP contribution in [0.3, 0.4) is 0 Å². The van der Waals surface area contributed by atoms with Crippen molar-refractivity contribution in [2.24, 2.45) is 46.3 Å². The highest BCUT2D eigenvalue weighted by Gasteiger charge is 2.61. The zero-order chi connectivity index (χ0) is 25.5. The number of pyridine rings is 1. The van der Waals surface area contributed by atoms with Crippen molar-refractivity contribution in [3.63, 3.8) is 0 Å². The second-order valence-electron chi connectivity index (χ2n) is 13.6. The fourth-order valence-electron chi connectivity index (χ4n) is 9.34. The van der Waals surface area contributed by atoms with Crippen LogP contribution in [-0.2, 0) is 0 Å². The summed E-state index contributed by atoms with van der Waals surface area (Å²) in [6.45, 7) is 12.6. The van der Waals surface area contributed by atoms with E-state index in [1.807, 2.05) is 33.9 Å². The van der Waals surface area contributed by atoms with Crippen LogP contribution in [-0.4, -0.2) is 21.4 Å². The fraction of sp³-hybridized carbons (Fsp3) is 0.781. The van der Waals surface area contributed by atoms with Crippen LogP contribution in [0, 0.1) is 46.3 Å². The van der Waals surface area contributed by atoms with Crippen LogP contribution in [0.1, 0.15) is 98.8 Å². The molecule has 0 bridgehead atoms. The van der Waals surface area contributed by atoms with Gasteiger partial charge in [0.2, 0.25) is 0 Å². The van der Waals surface area contributed by atoms with E-state index in [0.29, 0.717) is 10.7 Å². The third kappa shape index (κ3) is 4.97. The highest BCUT2D eigenvalue weighted by atomic mass is 33.1. The van der Waals surface area contributed by atoms with Crippen molar-refractivity contribution < 1.29 is 5.11 Å². The van der Waals surface area contributed by atoms with Gasteiger partial charge in [-0.1, -0.05) is 82.4 Å². The zero-order valence-electron chi connectivity index (χ0n) is 23.3. The predicted octanol–water partition coefficient (Wildman–Crippen LogP) is 9.20. The minimum atomic E-state index is -0.195. The molecule has 5 rings (SSSR count). The van der Waals surface area contributed by atoms with Crippen molar-refractivity contribution in [1.29, 1.82) is 0 Å². The summed E-state index contributed by atoms with van der Waals surface area (Å²) in [6.07, 6.45) is 17.3. The average molecular weight is 528 g/mol. The standard InChI is InChI=1S/C32H49NOS2/c1-21(2)9-8-10-22(3)26-14-15-27-25-13-12-23-19-24(34)20-29(35-36-30-11-6-7-18-33-30)32(23,5)28(25)16-17-31(26,27)4/h6-7,11-12,18,21-22,24-29,34H,8-10,13-17,19-20H2,1-5H3/t22-,24-,25+,26-,27+,28+,29?,31-,32+/m1/s1. The second-order valence-corrected chi connectivity index (χ2v) is 16.0. The molecule has 1 N–H and O–H groups in total. The molecule has 0 saturated heterocycles. The Hall–Kier alpha value is -0.450. The van der Waals surface area contributed by atoms with Crippen LogP contribution in [0.2, 0.25) is 0 Å². The van der Waals surface area contributed by atoms with Crippen molar-refractivity contribution in [3.8, 4) is 0 Å². The lowest BCUT2D eigenvalue weighted by molar-refractivity contribution is -0.0548. The normalized spacial score (nSPS) is 40.8. The minimum Gasteiger partial charge on any atom is -0.393 e. The van der Waals surface area contributed by atoms with E-state index >= 15 is 0 Å². The smallest absolute Gasteiger partial charge is 0.106 e. The summed E-state index contributed by atoms with van der Waals surface area (Å²) in [5.41, 5.74) is 2.30. The molecular weight excluding hydrogens is 478 g/mol. The highest BCUT2D eigenvalue weighted by molar-refractivity contribution is 8.76. The van der Waals surface area contributed by atoms with Crippen LogP contribution >= 0.6 is 21.6 Å². The topological polar surface area (TPSA) is 33.1 Å². The van der Waals surface area contributed by atoms with E-state index in [0.717, 1.165) is 53.4 Å². The number of aliphatic hydroxyl groups is 1. The molecule has 9 atom stereocenters. The summed E-state index contributed by atoms with van der Waals surface area (Å²) in [7, 11) is 3.81. The number of hydrogen-bond donors (Lipinski definition) is 1. The van der Waals surface area contributed by atoms with Gasteiger partial charge in [-0.3, -0.25) is 0 Å². The number of aliphatic hydroxyl groups excluding tert-OH is 1. The largest absolute Gasteiger partial charge is 0.393 e. The summed E-state index contributed by atoms with van der Waals surface area (Å²) in [4.78, 5) is 4.56. The van der Waals surface area contributed by atoms with Gasteiger partial charge in [-0.05, 0) is 109 Å². The number of aromatic nitrogens is 1. The Morgan fingerprint density at radius 1 is 1.08 bits per heavy atom. The Morgan fingerprint density at radius 3 is 2.67 bits per heavy atom. The van der Waals surface area contributed by atoms with E-state index < -0.39 is 0 Å². The summed E-state index contributed by atoms with van der Waals surface area (Å²) in [5, 5.41) is 12.4. The fourth-order valence-corrected chi connectivity index (χ4v) is 12.4. The molecule has 0 aliphatic heterocycles. The van der Waals surface area contributed by atoms with Crippen LogP contribution < -0.4 is 0 Å². The van der Waals surface area contributed by atoms with Crippen molar-refractivity contribution in [3.05, 3.63) is 36.0 Å². The second kappa shape index (κ2) is 11.0. The van der Waals surface area contributed by atoms with Crippen molar-refractivity contribution >= 4 is 21.6 Å².